The largest absolute Gasteiger partial charge is 0.462 e. The fraction of sp³-hybridized carbons (Fsp3) is 0.500. The minimum Gasteiger partial charge on any atom is -0.462 e. The maximum atomic E-state index is 11.5. The predicted molar refractivity (Wildman–Crippen MR) is 54.3 cm³/mol. The third kappa shape index (κ3) is 1.29. The van der Waals surface area contributed by atoms with Gasteiger partial charge >= 0.3 is 11.9 Å². The Balaban J connectivity index is 1.91. The molecule has 0 unspecified atom stereocenters. The number of hydrogen-bond donors (Lipinski definition) is 0. The van der Waals surface area contributed by atoms with E-state index in [1.807, 2.05) is 12.2 Å². The van der Waals surface area contributed by atoms with Crippen LogP contribution in [0.4, 0.5) is 0 Å². The van der Waals surface area contributed by atoms with Gasteiger partial charge in [-0.2, -0.15) is 0 Å². The molecule has 16 heavy (non-hydrogen) atoms. The first-order valence-corrected chi connectivity index (χ1v) is 5.51. The smallest absolute Gasteiger partial charge is 0.334 e. The Kier molecular flexibility index (Phi) is 2.09. The Labute approximate surface area is 92.9 Å². The van der Waals surface area contributed by atoms with Gasteiger partial charge in [-0.15, -0.1) is 0 Å². The maximum Gasteiger partial charge on any atom is 0.334 e. The number of hydrogen-bond acceptors (Lipinski definition) is 4. The number of rotatable bonds is 1. The van der Waals surface area contributed by atoms with E-state index in [9.17, 15) is 9.59 Å². The zero-order chi connectivity index (χ0) is 11.1. The third-order valence-electron chi connectivity index (χ3n) is 3.51. The highest BCUT2D eigenvalue weighted by atomic mass is 16.5. The van der Waals surface area contributed by atoms with E-state index in [1.54, 1.807) is 0 Å². The number of carbonyl (C=O) groups excluding carboxylic acids is 2. The van der Waals surface area contributed by atoms with Crippen molar-refractivity contribution in [1.29, 1.82) is 0 Å². The molecule has 0 spiro atoms. The molecule has 2 heterocycles. The van der Waals surface area contributed by atoms with Gasteiger partial charge in [0.05, 0.1) is 6.61 Å². The molecular weight excluding hydrogens is 208 g/mol. The predicted octanol–water partition coefficient (Wildman–Crippen LogP) is 0.979. The standard InChI is InChI=1S/C12H12O4/c13-11-9(4-5-15-11)7-2-1-3-8-10(7)6-16-12(8)14/h3-4,7,10H,1-2,5-6H2/t7-,10-/m0/s1. The summed E-state index contributed by atoms with van der Waals surface area (Å²) in [4.78, 5) is 22.9. The van der Waals surface area contributed by atoms with Crippen LogP contribution in [0, 0.1) is 11.8 Å². The van der Waals surface area contributed by atoms with E-state index in [2.05, 4.69) is 0 Å². The van der Waals surface area contributed by atoms with Crippen molar-refractivity contribution >= 4 is 11.9 Å². The minimum atomic E-state index is -0.231. The van der Waals surface area contributed by atoms with Crippen molar-refractivity contribution < 1.29 is 19.1 Å². The van der Waals surface area contributed by atoms with Crippen molar-refractivity contribution in [2.24, 2.45) is 11.8 Å². The average Bonchev–Trinajstić information content (AvgIpc) is 2.86. The first-order chi connectivity index (χ1) is 7.77. The molecule has 84 valence electrons. The van der Waals surface area contributed by atoms with Crippen LogP contribution in [-0.2, 0) is 19.1 Å². The topological polar surface area (TPSA) is 52.6 Å². The molecule has 1 fully saturated rings. The summed E-state index contributed by atoms with van der Waals surface area (Å²) in [5.41, 5.74) is 1.48. The number of fused-ring (bicyclic) bond motifs is 1. The van der Waals surface area contributed by atoms with Crippen LogP contribution in [0.1, 0.15) is 12.8 Å². The summed E-state index contributed by atoms with van der Waals surface area (Å²) in [6.07, 6.45) is 5.50. The highest BCUT2D eigenvalue weighted by Crippen LogP contribution is 2.40. The summed E-state index contributed by atoms with van der Waals surface area (Å²) < 4.78 is 9.96. The monoisotopic (exact) mass is 220 g/mol. The van der Waals surface area contributed by atoms with Crippen LogP contribution in [-0.4, -0.2) is 25.2 Å². The fourth-order valence-electron chi connectivity index (χ4n) is 2.73. The fourth-order valence-corrected chi connectivity index (χ4v) is 2.73. The van der Waals surface area contributed by atoms with E-state index in [0.717, 1.165) is 24.0 Å². The van der Waals surface area contributed by atoms with Gasteiger partial charge in [0, 0.05) is 23.0 Å². The van der Waals surface area contributed by atoms with Gasteiger partial charge in [-0.1, -0.05) is 6.08 Å². The maximum absolute atomic E-state index is 11.5. The molecule has 3 aliphatic rings. The minimum absolute atomic E-state index is 0.0538. The van der Waals surface area contributed by atoms with Gasteiger partial charge in [0.1, 0.15) is 6.61 Å². The Morgan fingerprint density at radius 1 is 1.00 bits per heavy atom. The molecule has 0 amide bonds. The molecule has 0 radical (unpaired) electrons. The summed E-state index contributed by atoms with van der Waals surface area (Å²) in [5, 5.41) is 0. The van der Waals surface area contributed by atoms with Crippen molar-refractivity contribution in [2.75, 3.05) is 13.2 Å². The SMILES string of the molecule is O=C1OC[C@@H]2C1=CCC[C@H]2C1=CCOC1=O. The molecule has 0 bridgehead atoms. The number of esters is 2. The van der Waals surface area contributed by atoms with Gasteiger partial charge < -0.3 is 9.47 Å². The zero-order valence-electron chi connectivity index (χ0n) is 8.77. The molecule has 2 atom stereocenters. The molecule has 3 rings (SSSR count). The van der Waals surface area contributed by atoms with Crippen LogP contribution >= 0.6 is 0 Å². The highest BCUT2D eigenvalue weighted by molar-refractivity contribution is 5.94. The second-order valence-electron chi connectivity index (χ2n) is 4.31. The number of allylic oxidation sites excluding steroid dienone is 1. The van der Waals surface area contributed by atoms with E-state index in [4.69, 9.17) is 9.47 Å². The molecule has 1 saturated heterocycles. The molecule has 0 aromatic heterocycles. The lowest BCUT2D eigenvalue weighted by Gasteiger charge is -2.25. The third-order valence-corrected chi connectivity index (χ3v) is 3.51. The molecule has 4 heteroatoms. The number of carbonyl (C=O) groups is 2. The molecular formula is C12H12O4. The molecule has 0 N–H and O–H groups in total. The van der Waals surface area contributed by atoms with Crippen LogP contribution in [0.25, 0.3) is 0 Å². The van der Waals surface area contributed by atoms with Gasteiger partial charge in [0.25, 0.3) is 0 Å². The van der Waals surface area contributed by atoms with E-state index in [0.29, 0.717) is 13.2 Å². The van der Waals surface area contributed by atoms with E-state index in [-0.39, 0.29) is 23.8 Å². The first kappa shape index (κ1) is 9.63. The van der Waals surface area contributed by atoms with Crippen LogP contribution in [0.2, 0.25) is 0 Å². The number of ether oxygens (including phenoxy) is 2. The molecule has 4 nitrogen and oxygen atoms in total. The lowest BCUT2D eigenvalue weighted by molar-refractivity contribution is -0.136. The van der Waals surface area contributed by atoms with Gasteiger partial charge in [-0.25, -0.2) is 9.59 Å². The lowest BCUT2D eigenvalue weighted by atomic mass is 9.76. The van der Waals surface area contributed by atoms with Crippen molar-refractivity contribution in [2.45, 2.75) is 12.8 Å². The highest BCUT2D eigenvalue weighted by Gasteiger charge is 2.42. The summed E-state index contributed by atoms with van der Waals surface area (Å²) in [6, 6.07) is 0. The summed E-state index contributed by atoms with van der Waals surface area (Å²) >= 11 is 0. The van der Waals surface area contributed by atoms with Gasteiger partial charge in [0.15, 0.2) is 0 Å². The second-order valence-corrected chi connectivity index (χ2v) is 4.31. The van der Waals surface area contributed by atoms with Crippen LogP contribution in [0.15, 0.2) is 23.3 Å². The van der Waals surface area contributed by atoms with Gasteiger partial charge in [-0.3, -0.25) is 0 Å². The Morgan fingerprint density at radius 3 is 2.50 bits per heavy atom. The average molecular weight is 220 g/mol. The van der Waals surface area contributed by atoms with E-state index in [1.165, 1.54) is 0 Å². The zero-order valence-corrected chi connectivity index (χ0v) is 8.77. The normalized spacial score (nSPS) is 32.8. The molecule has 0 aromatic carbocycles. The van der Waals surface area contributed by atoms with Crippen molar-refractivity contribution in [3.05, 3.63) is 23.3 Å². The number of cyclic esters (lactones) is 2. The van der Waals surface area contributed by atoms with Crippen LogP contribution in [0.5, 0.6) is 0 Å². The van der Waals surface area contributed by atoms with Crippen molar-refractivity contribution in [1.82, 2.24) is 0 Å². The van der Waals surface area contributed by atoms with Crippen LogP contribution < -0.4 is 0 Å². The van der Waals surface area contributed by atoms with Crippen molar-refractivity contribution in [3.8, 4) is 0 Å². The quantitative estimate of drug-likeness (QED) is 0.618. The summed E-state index contributed by atoms with van der Waals surface area (Å²) in [6.45, 7) is 0.769. The Bertz CT molecular complexity index is 419. The molecule has 0 saturated carbocycles. The first-order valence-electron chi connectivity index (χ1n) is 5.51. The summed E-state index contributed by atoms with van der Waals surface area (Å²) in [5.74, 6) is -0.299. The second kappa shape index (κ2) is 3.47. The van der Waals surface area contributed by atoms with Crippen molar-refractivity contribution in [3.63, 3.8) is 0 Å². The van der Waals surface area contributed by atoms with E-state index >= 15 is 0 Å². The van der Waals surface area contributed by atoms with Gasteiger partial charge in [0.2, 0.25) is 0 Å². The molecule has 2 aliphatic heterocycles. The summed E-state index contributed by atoms with van der Waals surface area (Å²) in [7, 11) is 0. The Morgan fingerprint density at radius 2 is 1.75 bits per heavy atom. The van der Waals surface area contributed by atoms with E-state index < -0.39 is 0 Å². The molecule has 0 aromatic rings. The van der Waals surface area contributed by atoms with Crippen LogP contribution in [0.3, 0.4) is 0 Å². The lowest BCUT2D eigenvalue weighted by Crippen LogP contribution is -2.24. The van der Waals surface area contributed by atoms with Gasteiger partial charge in [-0.05, 0) is 18.9 Å². The Hall–Kier alpha value is -1.58. The molecule has 1 aliphatic carbocycles.